The Kier molecular flexibility index (Phi) is 4.81. The first-order valence-electron chi connectivity index (χ1n) is 7.33. The second-order valence-corrected chi connectivity index (χ2v) is 7.68. The molecule has 1 aliphatic carbocycles. The van der Waals surface area contributed by atoms with Crippen molar-refractivity contribution < 1.29 is 4.92 Å². The Hall–Kier alpha value is -0.940. The Labute approximate surface area is 124 Å². The van der Waals surface area contributed by atoms with Crippen LogP contribution in [0.15, 0.2) is 11.4 Å². The molecule has 0 aliphatic heterocycles. The molecule has 0 amide bonds. The molecule has 4 nitrogen and oxygen atoms in total. The van der Waals surface area contributed by atoms with Gasteiger partial charge in [0.15, 0.2) is 0 Å². The number of rotatable bonds is 4. The number of nitrogens with zero attached hydrogens (tertiary/aromatic N) is 1. The van der Waals surface area contributed by atoms with Gasteiger partial charge in [-0.3, -0.25) is 10.1 Å². The highest BCUT2D eigenvalue weighted by Crippen LogP contribution is 2.38. The number of nitrogens with one attached hydrogen (secondary N) is 1. The van der Waals surface area contributed by atoms with Gasteiger partial charge in [0.2, 0.25) is 0 Å². The Morgan fingerprint density at radius 2 is 2.10 bits per heavy atom. The van der Waals surface area contributed by atoms with E-state index in [0.29, 0.717) is 17.4 Å². The van der Waals surface area contributed by atoms with Gasteiger partial charge in [0.25, 0.3) is 0 Å². The van der Waals surface area contributed by atoms with Crippen molar-refractivity contribution in [3.05, 3.63) is 27.1 Å². The average molecular weight is 296 g/mol. The molecular weight excluding hydrogens is 272 g/mol. The summed E-state index contributed by atoms with van der Waals surface area (Å²) >= 11 is 1.21. The maximum atomic E-state index is 10.7. The van der Waals surface area contributed by atoms with Crippen molar-refractivity contribution >= 4 is 16.3 Å². The summed E-state index contributed by atoms with van der Waals surface area (Å²) in [6.07, 6.45) is 5.11. The van der Waals surface area contributed by atoms with Crippen molar-refractivity contribution in [1.29, 1.82) is 0 Å². The fourth-order valence-electron chi connectivity index (χ4n) is 3.21. The molecule has 0 bridgehead atoms. The van der Waals surface area contributed by atoms with Crippen LogP contribution in [0.2, 0.25) is 0 Å². The van der Waals surface area contributed by atoms with Gasteiger partial charge in [-0.1, -0.05) is 44.9 Å². The van der Waals surface area contributed by atoms with E-state index >= 15 is 0 Å². The number of hydrogen-bond acceptors (Lipinski definition) is 4. The minimum atomic E-state index is -0.313. The lowest BCUT2D eigenvalue weighted by atomic mass is 9.69. The Morgan fingerprint density at radius 3 is 2.70 bits per heavy atom. The van der Waals surface area contributed by atoms with Crippen molar-refractivity contribution in [2.45, 2.75) is 59.0 Å². The van der Waals surface area contributed by atoms with E-state index in [9.17, 15) is 10.1 Å². The first-order chi connectivity index (χ1) is 9.38. The summed E-state index contributed by atoms with van der Waals surface area (Å²) in [5.41, 5.74) is 1.35. The third kappa shape index (κ3) is 3.79. The van der Waals surface area contributed by atoms with Gasteiger partial charge in [0.1, 0.15) is 0 Å². The standard InChI is InChI=1S/C15H24N2O2S/c1-15(2,3)12-6-4-5-7-13(12)16-9-11-8-14(17(18)19)20-10-11/h8,10,12-13,16H,4-7,9H2,1-3H3. The van der Waals surface area contributed by atoms with Gasteiger partial charge in [-0.2, -0.15) is 0 Å². The van der Waals surface area contributed by atoms with E-state index in [1.807, 2.05) is 5.38 Å². The molecule has 1 saturated carbocycles. The zero-order chi connectivity index (χ0) is 14.8. The Balaban J connectivity index is 1.95. The summed E-state index contributed by atoms with van der Waals surface area (Å²) in [4.78, 5) is 10.4. The second-order valence-electron chi connectivity index (χ2n) is 6.79. The van der Waals surface area contributed by atoms with Crippen LogP contribution in [0.1, 0.15) is 52.0 Å². The molecule has 1 fully saturated rings. The fourth-order valence-corrected chi connectivity index (χ4v) is 3.94. The van der Waals surface area contributed by atoms with E-state index in [-0.39, 0.29) is 9.92 Å². The van der Waals surface area contributed by atoms with Crippen LogP contribution in [0.4, 0.5) is 5.00 Å². The molecule has 1 N–H and O–H groups in total. The van der Waals surface area contributed by atoms with Crippen molar-refractivity contribution in [2.24, 2.45) is 11.3 Å². The highest BCUT2D eigenvalue weighted by molar-refractivity contribution is 7.13. The molecule has 112 valence electrons. The molecule has 0 radical (unpaired) electrons. The Morgan fingerprint density at radius 1 is 1.40 bits per heavy atom. The minimum absolute atomic E-state index is 0.234. The minimum Gasteiger partial charge on any atom is -0.310 e. The maximum absolute atomic E-state index is 10.7. The largest absolute Gasteiger partial charge is 0.324 e. The van der Waals surface area contributed by atoms with Crippen LogP contribution < -0.4 is 5.32 Å². The first-order valence-corrected chi connectivity index (χ1v) is 8.21. The monoisotopic (exact) mass is 296 g/mol. The van der Waals surface area contributed by atoms with E-state index in [1.165, 1.54) is 37.0 Å². The van der Waals surface area contributed by atoms with Crippen molar-refractivity contribution in [1.82, 2.24) is 5.32 Å². The van der Waals surface area contributed by atoms with Crippen molar-refractivity contribution in [2.75, 3.05) is 0 Å². The normalized spacial score (nSPS) is 23.8. The number of hydrogen-bond donors (Lipinski definition) is 1. The highest BCUT2D eigenvalue weighted by atomic mass is 32.1. The highest BCUT2D eigenvalue weighted by Gasteiger charge is 2.33. The quantitative estimate of drug-likeness (QED) is 0.664. The molecule has 2 unspecified atom stereocenters. The molecule has 5 heteroatoms. The van der Waals surface area contributed by atoms with Crippen LogP contribution in [-0.4, -0.2) is 11.0 Å². The molecule has 20 heavy (non-hydrogen) atoms. The topological polar surface area (TPSA) is 55.2 Å². The predicted molar refractivity (Wildman–Crippen MR) is 83.0 cm³/mol. The molecular formula is C15H24N2O2S. The lowest BCUT2D eigenvalue weighted by Crippen LogP contribution is -2.43. The smallest absolute Gasteiger partial charge is 0.310 e. The second kappa shape index (κ2) is 6.22. The summed E-state index contributed by atoms with van der Waals surface area (Å²) in [5.74, 6) is 0.685. The van der Waals surface area contributed by atoms with E-state index < -0.39 is 0 Å². The fraction of sp³-hybridized carbons (Fsp3) is 0.733. The van der Waals surface area contributed by atoms with Crippen LogP contribution in [0, 0.1) is 21.4 Å². The van der Waals surface area contributed by atoms with Crippen LogP contribution in [0.3, 0.4) is 0 Å². The third-order valence-corrected chi connectivity index (χ3v) is 5.20. The van der Waals surface area contributed by atoms with Crippen LogP contribution in [0.5, 0.6) is 0 Å². The number of nitro groups is 1. The van der Waals surface area contributed by atoms with Gasteiger partial charge in [0, 0.05) is 24.0 Å². The lowest BCUT2D eigenvalue weighted by Gasteiger charge is -2.41. The van der Waals surface area contributed by atoms with Gasteiger partial charge in [-0.05, 0) is 29.7 Å². The first kappa shape index (κ1) is 15.4. The molecule has 1 aliphatic rings. The zero-order valence-corrected chi connectivity index (χ0v) is 13.3. The van der Waals surface area contributed by atoms with Crippen LogP contribution in [-0.2, 0) is 6.54 Å². The van der Waals surface area contributed by atoms with Crippen molar-refractivity contribution in [3.8, 4) is 0 Å². The third-order valence-electron chi connectivity index (χ3n) is 4.27. The van der Waals surface area contributed by atoms with E-state index in [0.717, 1.165) is 12.1 Å². The van der Waals surface area contributed by atoms with Crippen LogP contribution in [0.25, 0.3) is 0 Å². The molecule has 0 spiro atoms. The summed E-state index contributed by atoms with van der Waals surface area (Å²) in [5, 5.41) is 16.5. The summed E-state index contributed by atoms with van der Waals surface area (Å²) in [6, 6.07) is 2.22. The van der Waals surface area contributed by atoms with Gasteiger partial charge < -0.3 is 5.32 Å². The zero-order valence-electron chi connectivity index (χ0n) is 12.5. The number of thiophene rings is 1. The summed E-state index contributed by atoms with van der Waals surface area (Å²) < 4.78 is 0. The van der Waals surface area contributed by atoms with Crippen LogP contribution >= 0.6 is 11.3 Å². The molecule has 1 heterocycles. The lowest BCUT2D eigenvalue weighted by molar-refractivity contribution is -0.380. The summed E-state index contributed by atoms with van der Waals surface area (Å²) in [6.45, 7) is 7.68. The molecule has 0 aromatic carbocycles. The van der Waals surface area contributed by atoms with Gasteiger partial charge in [-0.15, -0.1) is 0 Å². The molecule has 0 saturated heterocycles. The SMILES string of the molecule is CC(C)(C)C1CCCCC1NCc1csc([N+](=O)[O-])c1. The van der Waals surface area contributed by atoms with E-state index in [2.05, 4.69) is 26.1 Å². The molecule has 1 aromatic heterocycles. The van der Waals surface area contributed by atoms with Gasteiger partial charge in [-0.25, -0.2) is 0 Å². The van der Waals surface area contributed by atoms with Crippen molar-refractivity contribution in [3.63, 3.8) is 0 Å². The average Bonchev–Trinajstić information content (AvgIpc) is 2.84. The Bertz CT molecular complexity index is 465. The molecule has 2 atom stereocenters. The molecule has 2 rings (SSSR count). The predicted octanol–water partition coefficient (Wildman–Crippen LogP) is 4.35. The van der Waals surface area contributed by atoms with Gasteiger partial charge in [0.05, 0.1) is 4.92 Å². The summed E-state index contributed by atoms with van der Waals surface area (Å²) in [7, 11) is 0. The van der Waals surface area contributed by atoms with E-state index in [4.69, 9.17) is 0 Å². The maximum Gasteiger partial charge on any atom is 0.324 e. The van der Waals surface area contributed by atoms with E-state index in [1.54, 1.807) is 6.07 Å². The van der Waals surface area contributed by atoms with Gasteiger partial charge >= 0.3 is 5.00 Å². The molecule has 1 aromatic rings.